The standard InChI is InChI=1S/C62H38N4/c1-4-18-39(19-5-1)40-32-34-42(35-33-40)54-38-53(41-20-6-2-7-21-41)63-62(64-54)66-55-31-17-16-26-46(55)51-36-37-52-57-50-30-15-14-29-49(50)56-47-27-12-10-24-44(47)45-25-11-13-28-48(45)58(56)61(57)65(60(52)59(51)66)43-22-8-3-9-23-43/h1-38H. The van der Waals surface area contributed by atoms with Gasteiger partial charge in [-0.2, -0.15) is 0 Å². The Bertz CT molecular complexity index is 4240. The number of aromatic nitrogens is 4. The van der Waals surface area contributed by atoms with E-state index >= 15 is 0 Å². The number of benzene rings is 11. The Kier molecular flexibility index (Phi) is 7.95. The van der Waals surface area contributed by atoms with Crippen LogP contribution in [0.2, 0.25) is 0 Å². The molecular formula is C62H38N4. The molecule has 0 N–H and O–H groups in total. The van der Waals surface area contributed by atoms with E-state index in [4.69, 9.17) is 9.97 Å². The van der Waals surface area contributed by atoms with E-state index in [0.717, 1.165) is 61.1 Å². The van der Waals surface area contributed by atoms with Crippen molar-refractivity contribution in [2.45, 2.75) is 0 Å². The van der Waals surface area contributed by atoms with E-state index in [-0.39, 0.29) is 0 Å². The van der Waals surface area contributed by atoms with Crippen molar-refractivity contribution in [3.8, 4) is 45.3 Å². The average molecular weight is 839 g/mol. The summed E-state index contributed by atoms with van der Waals surface area (Å²) in [6.45, 7) is 0. The summed E-state index contributed by atoms with van der Waals surface area (Å²) in [6, 6.07) is 83.1. The third-order valence-electron chi connectivity index (χ3n) is 13.7. The lowest BCUT2D eigenvalue weighted by Gasteiger charge is -2.17. The molecule has 4 heteroatoms. The van der Waals surface area contributed by atoms with Gasteiger partial charge in [-0.25, -0.2) is 9.97 Å². The van der Waals surface area contributed by atoms with Gasteiger partial charge in [-0.1, -0.05) is 206 Å². The maximum atomic E-state index is 5.55. The van der Waals surface area contributed by atoms with Crippen molar-refractivity contribution < 1.29 is 0 Å². The second kappa shape index (κ2) is 14.3. The zero-order valence-electron chi connectivity index (χ0n) is 35.7. The molecule has 14 rings (SSSR count). The van der Waals surface area contributed by atoms with Crippen molar-refractivity contribution in [2.75, 3.05) is 0 Å². The number of fused-ring (bicyclic) bond motifs is 17. The summed E-state index contributed by atoms with van der Waals surface area (Å²) >= 11 is 0. The van der Waals surface area contributed by atoms with E-state index in [2.05, 4.69) is 240 Å². The molecule has 4 nitrogen and oxygen atoms in total. The highest BCUT2D eigenvalue weighted by Crippen LogP contribution is 2.50. The monoisotopic (exact) mass is 838 g/mol. The minimum Gasteiger partial charge on any atom is -0.306 e. The summed E-state index contributed by atoms with van der Waals surface area (Å²) < 4.78 is 4.88. The molecule has 0 fully saturated rings. The first-order valence-electron chi connectivity index (χ1n) is 22.6. The van der Waals surface area contributed by atoms with Gasteiger partial charge in [0, 0.05) is 49.1 Å². The Labute approximate surface area is 379 Å². The summed E-state index contributed by atoms with van der Waals surface area (Å²) in [4.78, 5) is 11.1. The quantitative estimate of drug-likeness (QED) is 0.162. The highest BCUT2D eigenvalue weighted by atomic mass is 15.2. The van der Waals surface area contributed by atoms with Gasteiger partial charge in [-0.3, -0.25) is 4.57 Å². The van der Waals surface area contributed by atoms with Gasteiger partial charge in [0.15, 0.2) is 0 Å². The van der Waals surface area contributed by atoms with Crippen molar-refractivity contribution in [2.24, 2.45) is 0 Å². The molecule has 0 bridgehead atoms. The van der Waals surface area contributed by atoms with Crippen LogP contribution in [-0.4, -0.2) is 19.1 Å². The Morgan fingerprint density at radius 1 is 0.258 bits per heavy atom. The fraction of sp³-hybridized carbons (Fsp3) is 0. The van der Waals surface area contributed by atoms with E-state index in [0.29, 0.717) is 5.95 Å². The summed E-state index contributed by atoms with van der Waals surface area (Å²) in [5, 5.41) is 14.7. The van der Waals surface area contributed by atoms with Crippen LogP contribution in [0.4, 0.5) is 0 Å². The third-order valence-corrected chi connectivity index (χ3v) is 13.7. The minimum atomic E-state index is 0.619. The van der Waals surface area contributed by atoms with Gasteiger partial charge in [0.05, 0.1) is 33.5 Å². The molecule has 0 unspecified atom stereocenters. The molecule has 0 aliphatic rings. The molecule has 3 aromatic heterocycles. The van der Waals surface area contributed by atoms with Crippen LogP contribution in [0.1, 0.15) is 0 Å². The van der Waals surface area contributed by atoms with Crippen LogP contribution in [0.3, 0.4) is 0 Å². The SMILES string of the molecule is c1ccc(-c2ccc(-c3cc(-c4ccccc4)nc(-n4c5ccccc5c5ccc6c7c8ccccc8c8c9ccccc9c9ccccc9c8c7n(-c7ccccc7)c6c54)n3)cc2)cc1. The number of hydrogen-bond acceptors (Lipinski definition) is 2. The fourth-order valence-corrected chi connectivity index (χ4v) is 10.9. The zero-order valence-corrected chi connectivity index (χ0v) is 35.7. The van der Waals surface area contributed by atoms with Gasteiger partial charge in [0.2, 0.25) is 5.95 Å². The summed E-state index contributed by atoms with van der Waals surface area (Å²) in [5.74, 6) is 0.619. The number of para-hydroxylation sites is 2. The van der Waals surface area contributed by atoms with Crippen LogP contribution in [0.15, 0.2) is 231 Å². The summed E-state index contributed by atoms with van der Waals surface area (Å²) in [6.07, 6.45) is 0. The third kappa shape index (κ3) is 5.33. The lowest BCUT2D eigenvalue weighted by molar-refractivity contribution is 0.995. The first-order valence-corrected chi connectivity index (χ1v) is 22.6. The normalized spacial score (nSPS) is 11.9. The molecule has 0 saturated heterocycles. The number of rotatable bonds is 5. The Morgan fingerprint density at radius 2 is 0.682 bits per heavy atom. The second-order valence-electron chi connectivity index (χ2n) is 17.2. The molecular weight excluding hydrogens is 801 g/mol. The van der Waals surface area contributed by atoms with Crippen molar-refractivity contribution in [1.29, 1.82) is 0 Å². The van der Waals surface area contributed by atoms with Crippen LogP contribution in [0, 0.1) is 0 Å². The van der Waals surface area contributed by atoms with Crippen molar-refractivity contribution in [3.05, 3.63) is 231 Å². The molecule has 0 saturated carbocycles. The lowest BCUT2D eigenvalue weighted by Crippen LogP contribution is -2.05. The molecule has 0 radical (unpaired) electrons. The van der Waals surface area contributed by atoms with Gasteiger partial charge in [-0.15, -0.1) is 0 Å². The number of hydrogen-bond donors (Lipinski definition) is 0. The molecule has 66 heavy (non-hydrogen) atoms. The van der Waals surface area contributed by atoms with Gasteiger partial charge in [0.1, 0.15) is 0 Å². The highest BCUT2D eigenvalue weighted by Gasteiger charge is 2.27. The second-order valence-corrected chi connectivity index (χ2v) is 17.2. The average Bonchev–Trinajstić information content (AvgIpc) is 3.93. The van der Waals surface area contributed by atoms with Crippen molar-refractivity contribution in [3.63, 3.8) is 0 Å². The predicted molar refractivity (Wildman–Crippen MR) is 277 cm³/mol. The summed E-state index contributed by atoms with van der Waals surface area (Å²) in [7, 11) is 0. The van der Waals surface area contributed by atoms with Crippen molar-refractivity contribution in [1.82, 2.24) is 19.1 Å². The van der Waals surface area contributed by atoms with Gasteiger partial charge in [-0.05, 0) is 67.7 Å². The molecule has 0 atom stereocenters. The predicted octanol–water partition coefficient (Wildman–Crippen LogP) is 16.3. The topological polar surface area (TPSA) is 35.6 Å². The number of nitrogens with zero attached hydrogens (tertiary/aromatic N) is 4. The maximum Gasteiger partial charge on any atom is 0.235 e. The highest BCUT2D eigenvalue weighted by molar-refractivity contribution is 6.43. The smallest absolute Gasteiger partial charge is 0.235 e. The molecule has 0 aliphatic heterocycles. The largest absolute Gasteiger partial charge is 0.306 e. The van der Waals surface area contributed by atoms with Gasteiger partial charge in [0.25, 0.3) is 0 Å². The molecule has 306 valence electrons. The van der Waals surface area contributed by atoms with Crippen LogP contribution in [0.25, 0.3) is 132 Å². The van der Waals surface area contributed by atoms with E-state index in [1.165, 1.54) is 64.9 Å². The molecule has 11 aromatic carbocycles. The first-order chi connectivity index (χ1) is 32.8. The van der Waals surface area contributed by atoms with Crippen LogP contribution >= 0.6 is 0 Å². The molecule has 0 spiro atoms. The molecule has 0 amide bonds. The first kappa shape index (κ1) is 36.6. The molecule has 3 heterocycles. The van der Waals surface area contributed by atoms with E-state index in [1.54, 1.807) is 0 Å². The van der Waals surface area contributed by atoms with E-state index < -0.39 is 0 Å². The van der Waals surface area contributed by atoms with Gasteiger partial charge < -0.3 is 4.57 Å². The summed E-state index contributed by atoms with van der Waals surface area (Å²) in [5.41, 5.74) is 11.6. The molecule has 0 aliphatic carbocycles. The Balaban J connectivity index is 1.18. The van der Waals surface area contributed by atoms with Crippen molar-refractivity contribution >= 4 is 86.7 Å². The fourth-order valence-electron chi connectivity index (χ4n) is 10.9. The Hall–Kier alpha value is -8.86. The van der Waals surface area contributed by atoms with E-state index in [9.17, 15) is 0 Å². The zero-order chi connectivity index (χ0) is 43.3. The van der Waals surface area contributed by atoms with Gasteiger partial charge >= 0.3 is 0 Å². The van der Waals surface area contributed by atoms with Crippen LogP contribution < -0.4 is 0 Å². The van der Waals surface area contributed by atoms with Crippen LogP contribution in [-0.2, 0) is 0 Å². The molecule has 14 aromatic rings. The van der Waals surface area contributed by atoms with E-state index in [1.807, 2.05) is 0 Å². The Morgan fingerprint density at radius 3 is 1.32 bits per heavy atom. The van der Waals surface area contributed by atoms with Crippen LogP contribution in [0.5, 0.6) is 0 Å². The lowest BCUT2D eigenvalue weighted by atomic mass is 9.89. The minimum absolute atomic E-state index is 0.619. The maximum absolute atomic E-state index is 5.55.